The molecule has 0 bridgehead atoms. The topological polar surface area (TPSA) is 104 Å². The predicted molar refractivity (Wildman–Crippen MR) is 138 cm³/mol. The highest BCUT2D eigenvalue weighted by atomic mass is 32.2. The van der Waals surface area contributed by atoms with Crippen molar-refractivity contribution in [3.05, 3.63) is 65.2 Å². The first-order valence-electron chi connectivity index (χ1n) is 11.5. The first kappa shape index (κ1) is 28.0. The molecule has 2 amide bonds. The zero-order valence-corrected chi connectivity index (χ0v) is 22.1. The molecule has 0 aromatic heterocycles. The van der Waals surface area contributed by atoms with Gasteiger partial charge in [-0.3, -0.25) is 18.7 Å². The third-order valence-corrected chi connectivity index (χ3v) is 6.81. The van der Waals surface area contributed by atoms with Gasteiger partial charge >= 0.3 is 0 Å². The summed E-state index contributed by atoms with van der Waals surface area (Å²) in [6.07, 6.45) is 1.01. The standard InChI is InChI=1S/C26H35N3O5S/c1-18(2)15-27-26(32)20(4)28(16-23-11-8-7-10-19(23)3)25(31)17-29(35(6,33)34)24-13-9-12-22(14-24)21(5)30/h7-14,18,20H,15-17H2,1-6H3,(H,27,32)/t20-/m1/s1. The maximum Gasteiger partial charge on any atom is 0.244 e. The highest BCUT2D eigenvalue weighted by molar-refractivity contribution is 7.92. The molecule has 0 aliphatic heterocycles. The molecule has 9 heteroatoms. The van der Waals surface area contributed by atoms with Crippen LogP contribution < -0.4 is 9.62 Å². The number of hydrogen-bond acceptors (Lipinski definition) is 5. The Labute approximate surface area is 208 Å². The Morgan fingerprint density at radius 1 is 1.00 bits per heavy atom. The molecule has 0 radical (unpaired) electrons. The van der Waals surface area contributed by atoms with Crippen molar-refractivity contribution in [2.45, 2.75) is 47.2 Å². The second-order valence-electron chi connectivity index (χ2n) is 9.14. The molecule has 2 rings (SSSR count). The van der Waals surface area contributed by atoms with Crippen LogP contribution in [0.4, 0.5) is 5.69 Å². The summed E-state index contributed by atoms with van der Waals surface area (Å²) < 4.78 is 26.3. The minimum atomic E-state index is -3.86. The first-order valence-corrected chi connectivity index (χ1v) is 13.4. The second-order valence-corrected chi connectivity index (χ2v) is 11.0. The van der Waals surface area contributed by atoms with Crippen molar-refractivity contribution in [1.29, 1.82) is 0 Å². The van der Waals surface area contributed by atoms with Crippen LogP contribution in [0.2, 0.25) is 0 Å². The van der Waals surface area contributed by atoms with E-state index in [9.17, 15) is 22.8 Å². The van der Waals surface area contributed by atoms with Gasteiger partial charge in [-0.2, -0.15) is 0 Å². The van der Waals surface area contributed by atoms with Gasteiger partial charge in [0.25, 0.3) is 0 Å². The van der Waals surface area contributed by atoms with Gasteiger partial charge < -0.3 is 10.2 Å². The monoisotopic (exact) mass is 501 g/mol. The highest BCUT2D eigenvalue weighted by Crippen LogP contribution is 2.21. The Bertz CT molecular complexity index is 1180. The normalized spacial score (nSPS) is 12.2. The number of benzene rings is 2. The Hall–Kier alpha value is -3.20. The lowest BCUT2D eigenvalue weighted by Gasteiger charge is -2.32. The maximum absolute atomic E-state index is 13.6. The van der Waals surface area contributed by atoms with Crippen LogP contribution in [0.15, 0.2) is 48.5 Å². The average Bonchev–Trinajstić information content (AvgIpc) is 2.79. The number of nitrogens with one attached hydrogen (secondary N) is 1. The average molecular weight is 502 g/mol. The van der Waals surface area contributed by atoms with Crippen LogP contribution in [0, 0.1) is 12.8 Å². The van der Waals surface area contributed by atoms with Crippen LogP contribution in [0.25, 0.3) is 0 Å². The summed E-state index contributed by atoms with van der Waals surface area (Å²) in [5.74, 6) is -0.826. The first-order chi connectivity index (χ1) is 16.3. The summed E-state index contributed by atoms with van der Waals surface area (Å²) in [7, 11) is -3.86. The van der Waals surface area contributed by atoms with Crippen LogP contribution >= 0.6 is 0 Å². The number of carbonyl (C=O) groups is 3. The van der Waals surface area contributed by atoms with Crippen molar-refractivity contribution in [2.75, 3.05) is 23.7 Å². The minimum Gasteiger partial charge on any atom is -0.354 e. The van der Waals surface area contributed by atoms with E-state index in [1.807, 2.05) is 45.0 Å². The number of carbonyl (C=O) groups excluding carboxylic acids is 3. The molecule has 1 N–H and O–H groups in total. The van der Waals surface area contributed by atoms with Gasteiger partial charge in [0.05, 0.1) is 11.9 Å². The second kappa shape index (κ2) is 12.0. The van der Waals surface area contributed by atoms with Crippen LogP contribution in [0.3, 0.4) is 0 Å². The van der Waals surface area contributed by atoms with Gasteiger partial charge in [-0.1, -0.05) is 50.2 Å². The van der Waals surface area contributed by atoms with Gasteiger partial charge in [0.1, 0.15) is 12.6 Å². The van der Waals surface area contributed by atoms with Crippen molar-refractivity contribution >= 4 is 33.3 Å². The number of aryl methyl sites for hydroxylation is 1. The molecule has 2 aromatic carbocycles. The molecule has 190 valence electrons. The zero-order chi connectivity index (χ0) is 26.3. The molecule has 0 unspecified atom stereocenters. The predicted octanol–water partition coefficient (Wildman–Crippen LogP) is 3.15. The Kier molecular flexibility index (Phi) is 9.59. The zero-order valence-electron chi connectivity index (χ0n) is 21.2. The molecular weight excluding hydrogens is 466 g/mol. The Balaban J connectivity index is 2.42. The van der Waals surface area contributed by atoms with E-state index in [2.05, 4.69) is 5.32 Å². The van der Waals surface area contributed by atoms with E-state index in [-0.39, 0.29) is 29.8 Å². The molecule has 0 fully saturated rings. The Morgan fingerprint density at radius 3 is 2.23 bits per heavy atom. The van der Waals surface area contributed by atoms with Crippen molar-refractivity contribution < 1.29 is 22.8 Å². The fraction of sp³-hybridized carbons (Fsp3) is 0.423. The summed E-state index contributed by atoms with van der Waals surface area (Å²) in [6.45, 7) is 8.98. The van der Waals surface area contributed by atoms with Crippen LogP contribution in [-0.2, 0) is 26.2 Å². The number of ketones is 1. The number of hydrogen-bond donors (Lipinski definition) is 1. The molecule has 35 heavy (non-hydrogen) atoms. The van der Waals surface area contributed by atoms with Gasteiger partial charge in [-0.25, -0.2) is 8.42 Å². The largest absolute Gasteiger partial charge is 0.354 e. The fourth-order valence-electron chi connectivity index (χ4n) is 3.50. The summed E-state index contributed by atoms with van der Waals surface area (Å²) in [5, 5.41) is 2.85. The number of rotatable bonds is 11. The van der Waals surface area contributed by atoms with Crippen molar-refractivity contribution in [2.24, 2.45) is 5.92 Å². The molecule has 0 spiro atoms. The lowest BCUT2D eigenvalue weighted by molar-refractivity contribution is -0.139. The maximum atomic E-state index is 13.6. The smallest absolute Gasteiger partial charge is 0.244 e. The molecule has 2 aromatic rings. The van der Waals surface area contributed by atoms with E-state index >= 15 is 0 Å². The third kappa shape index (κ3) is 7.92. The quantitative estimate of drug-likeness (QED) is 0.477. The van der Waals surface area contributed by atoms with Crippen LogP contribution in [0.1, 0.15) is 49.2 Å². The molecule has 8 nitrogen and oxygen atoms in total. The molecular formula is C26H35N3O5S. The van der Waals surface area contributed by atoms with E-state index in [1.54, 1.807) is 19.1 Å². The number of anilines is 1. The summed E-state index contributed by atoms with van der Waals surface area (Å²) in [4.78, 5) is 39.6. The highest BCUT2D eigenvalue weighted by Gasteiger charge is 2.30. The lowest BCUT2D eigenvalue weighted by Crippen LogP contribution is -2.51. The SMILES string of the molecule is CC(=O)c1cccc(N(CC(=O)N(Cc2ccccc2C)[C@H](C)C(=O)NCC(C)C)S(C)(=O)=O)c1. The van der Waals surface area contributed by atoms with Gasteiger partial charge in [-0.05, 0) is 49.9 Å². The third-order valence-electron chi connectivity index (χ3n) is 5.67. The van der Waals surface area contributed by atoms with Gasteiger partial charge in [0.15, 0.2) is 5.78 Å². The minimum absolute atomic E-state index is 0.146. The summed E-state index contributed by atoms with van der Waals surface area (Å²) in [5.41, 5.74) is 2.35. The molecule has 0 saturated heterocycles. The number of Topliss-reactive ketones (excluding diaryl/α,β-unsaturated/α-hetero) is 1. The van der Waals surface area contributed by atoms with Crippen molar-refractivity contribution in [1.82, 2.24) is 10.2 Å². The van der Waals surface area contributed by atoms with Crippen LogP contribution in [-0.4, -0.2) is 56.3 Å². The molecule has 0 heterocycles. The van der Waals surface area contributed by atoms with Crippen molar-refractivity contribution in [3.63, 3.8) is 0 Å². The van der Waals surface area contributed by atoms with Crippen molar-refractivity contribution in [3.8, 4) is 0 Å². The fourth-order valence-corrected chi connectivity index (χ4v) is 4.34. The van der Waals surface area contributed by atoms with E-state index in [1.165, 1.54) is 24.0 Å². The molecule has 1 atom stereocenters. The molecule has 0 saturated carbocycles. The van der Waals surface area contributed by atoms with Gasteiger partial charge in [0, 0.05) is 18.7 Å². The van der Waals surface area contributed by atoms with Gasteiger partial charge in [-0.15, -0.1) is 0 Å². The van der Waals surface area contributed by atoms with E-state index in [4.69, 9.17) is 0 Å². The lowest BCUT2D eigenvalue weighted by atomic mass is 10.1. The number of sulfonamides is 1. The molecule has 0 aliphatic rings. The summed E-state index contributed by atoms with van der Waals surface area (Å²) in [6, 6.07) is 12.8. The van der Waals surface area contributed by atoms with E-state index < -0.39 is 28.5 Å². The van der Waals surface area contributed by atoms with Crippen LogP contribution in [0.5, 0.6) is 0 Å². The Morgan fingerprint density at radius 2 is 1.66 bits per heavy atom. The molecule has 0 aliphatic carbocycles. The van der Waals surface area contributed by atoms with E-state index in [0.717, 1.165) is 21.7 Å². The van der Waals surface area contributed by atoms with E-state index in [0.29, 0.717) is 12.1 Å². The summed E-state index contributed by atoms with van der Waals surface area (Å²) >= 11 is 0. The van der Waals surface area contributed by atoms with Gasteiger partial charge in [0.2, 0.25) is 21.8 Å². The number of amides is 2. The number of nitrogens with zero attached hydrogens (tertiary/aromatic N) is 2.